The minimum Gasteiger partial charge on any atom is -0.494 e. The van der Waals surface area contributed by atoms with Gasteiger partial charge in [-0.25, -0.2) is 14.6 Å². The summed E-state index contributed by atoms with van der Waals surface area (Å²) >= 11 is 0. The second kappa shape index (κ2) is 13.0. The second-order valence-corrected chi connectivity index (χ2v) is 12.9. The molecular formula is C36H46N8O2. The molecule has 0 atom stereocenters. The fourth-order valence-electron chi connectivity index (χ4n) is 8.13. The van der Waals surface area contributed by atoms with Crippen LogP contribution in [-0.4, -0.2) is 86.3 Å². The van der Waals surface area contributed by atoms with Crippen LogP contribution in [0.3, 0.4) is 0 Å². The van der Waals surface area contributed by atoms with Gasteiger partial charge in [-0.3, -0.25) is 14.7 Å². The summed E-state index contributed by atoms with van der Waals surface area (Å²) in [6.45, 7) is 12.7. The maximum atomic E-state index is 13.8. The van der Waals surface area contributed by atoms with Gasteiger partial charge >= 0.3 is 0 Å². The molecule has 4 aromatic rings. The fourth-order valence-corrected chi connectivity index (χ4v) is 8.13. The van der Waals surface area contributed by atoms with E-state index in [4.69, 9.17) is 9.72 Å². The summed E-state index contributed by atoms with van der Waals surface area (Å²) in [6, 6.07) is 12.8. The van der Waals surface area contributed by atoms with Gasteiger partial charge in [0, 0.05) is 49.9 Å². The van der Waals surface area contributed by atoms with E-state index in [1.54, 1.807) is 6.33 Å². The summed E-state index contributed by atoms with van der Waals surface area (Å²) in [5.41, 5.74) is 5.75. The molecule has 0 bridgehead atoms. The highest BCUT2D eigenvalue weighted by atomic mass is 16.5. The molecule has 1 aliphatic carbocycles. The maximum Gasteiger partial charge on any atom is 0.225 e. The lowest BCUT2D eigenvalue weighted by Gasteiger charge is -2.52. The first-order chi connectivity index (χ1) is 22.5. The standard InChI is InChI=1S/C36H46N8O2/c1-4-28-8-7-9-29(40-28)24-44-34-31(23-39-44)33(37-25-38-34)41-18-20-42(21-19-41)35(45)26-12-15-36(16-13-26)32-11-10-30(46-6-3)22-27(32)14-17-43(36)5-2/h7-11,22-23,25-26H,4-6,12-21,24H2,1-3H3/t26-,36+. The van der Waals surface area contributed by atoms with Crippen molar-refractivity contribution in [3.05, 3.63) is 71.4 Å². The van der Waals surface area contributed by atoms with E-state index in [9.17, 15) is 4.79 Å². The number of hydrogen-bond acceptors (Lipinski definition) is 8. The molecule has 0 N–H and O–H groups in total. The molecule has 7 rings (SSSR count). The predicted octanol–water partition coefficient (Wildman–Crippen LogP) is 4.84. The van der Waals surface area contributed by atoms with E-state index in [1.165, 1.54) is 11.1 Å². The number of aryl methyl sites for hydroxylation is 1. The third-order valence-electron chi connectivity index (χ3n) is 10.5. The average Bonchev–Trinajstić information content (AvgIpc) is 3.51. The number of rotatable bonds is 8. The molecule has 2 fully saturated rings. The van der Waals surface area contributed by atoms with Gasteiger partial charge in [0.25, 0.3) is 0 Å². The first-order valence-corrected chi connectivity index (χ1v) is 17.2. The van der Waals surface area contributed by atoms with Crippen LogP contribution in [0, 0.1) is 5.92 Å². The number of carbonyl (C=O) groups excluding carboxylic acids is 1. The highest BCUT2D eigenvalue weighted by Gasteiger charge is 2.46. The highest BCUT2D eigenvalue weighted by Crippen LogP contribution is 2.48. The van der Waals surface area contributed by atoms with E-state index in [-0.39, 0.29) is 11.5 Å². The largest absolute Gasteiger partial charge is 0.494 e. The number of ether oxygens (including phenoxy) is 1. The van der Waals surface area contributed by atoms with Gasteiger partial charge in [-0.1, -0.05) is 26.0 Å². The van der Waals surface area contributed by atoms with Crippen LogP contribution in [0.25, 0.3) is 11.0 Å². The lowest BCUT2D eigenvalue weighted by Crippen LogP contribution is -2.54. The zero-order valence-corrected chi connectivity index (χ0v) is 27.5. The van der Waals surface area contributed by atoms with Gasteiger partial charge in [0.1, 0.15) is 17.9 Å². The molecule has 10 heteroatoms. The van der Waals surface area contributed by atoms with Gasteiger partial charge < -0.3 is 14.5 Å². The fraction of sp³-hybridized carbons (Fsp3) is 0.528. The molecule has 1 spiro atoms. The number of pyridine rings is 1. The van der Waals surface area contributed by atoms with Crippen molar-refractivity contribution in [2.45, 2.75) is 71.4 Å². The first kappa shape index (κ1) is 30.6. The number of likely N-dealkylation sites (N-methyl/N-ethyl adjacent to an activating group) is 1. The third kappa shape index (κ3) is 5.61. The van der Waals surface area contributed by atoms with Gasteiger partial charge in [-0.05, 0) is 87.4 Å². The SMILES string of the molecule is CCOc1ccc2c(c1)CCN(CC)[C@]21CC[C@@H](C(=O)N2CCN(c3ncnc4c3cnn4Cc3cccc(CC)n3)CC2)CC1. The zero-order chi connectivity index (χ0) is 31.7. The Labute approximate surface area is 271 Å². The van der Waals surface area contributed by atoms with Crippen molar-refractivity contribution < 1.29 is 9.53 Å². The summed E-state index contributed by atoms with van der Waals surface area (Å²) in [6.07, 6.45) is 9.37. The van der Waals surface area contributed by atoms with Gasteiger partial charge in [0.05, 0.1) is 30.4 Å². The topological polar surface area (TPSA) is 92.5 Å². The molecule has 2 aliphatic heterocycles. The van der Waals surface area contributed by atoms with Crippen LogP contribution in [0.2, 0.25) is 0 Å². The molecule has 1 saturated heterocycles. The van der Waals surface area contributed by atoms with Crippen molar-refractivity contribution in [1.29, 1.82) is 0 Å². The molecule has 5 heterocycles. The third-order valence-corrected chi connectivity index (χ3v) is 10.5. The van der Waals surface area contributed by atoms with Crippen LogP contribution in [0.1, 0.15) is 69.0 Å². The van der Waals surface area contributed by atoms with Crippen LogP contribution in [0.15, 0.2) is 48.9 Å². The first-order valence-electron chi connectivity index (χ1n) is 17.2. The maximum absolute atomic E-state index is 13.8. The average molecular weight is 623 g/mol. The number of fused-ring (bicyclic) bond motifs is 3. The summed E-state index contributed by atoms with van der Waals surface area (Å²) in [5.74, 6) is 2.27. The number of nitrogens with zero attached hydrogens (tertiary/aromatic N) is 8. The minimum atomic E-state index is 0.0280. The van der Waals surface area contributed by atoms with Crippen molar-refractivity contribution >= 4 is 22.8 Å². The Balaban J connectivity index is 0.996. The van der Waals surface area contributed by atoms with Crippen LogP contribution >= 0.6 is 0 Å². The van der Waals surface area contributed by atoms with Crippen LogP contribution in [-0.2, 0) is 29.7 Å². The quantitative estimate of drug-likeness (QED) is 0.276. The number of benzene rings is 1. The van der Waals surface area contributed by atoms with Crippen molar-refractivity contribution in [3.63, 3.8) is 0 Å². The van der Waals surface area contributed by atoms with Gasteiger partial charge in [-0.15, -0.1) is 0 Å². The van der Waals surface area contributed by atoms with Crippen molar-refractivity contribution in [2.24, 2.45) is 5.92 Å². The Bertz CT molecular complexity index is 1690. The van der Waals surface area contributed by atoms with E-state index in [0.717, 1.165) is 98.7 Å². The zero-order valence-electron chi connectivity index (χ0n) is 27.5. The highest BCUT2D eigenvalue weighted by molar-refractivity contribution is 5.87. The molecule has 1 saturated carbocycles. The monoisotopic (exact) mass is 622 g/mol. The van der Waals surface area contributed by atoms with Gasteiger partial charge in [0.15, 0.2) is 5.65 Å². The van der Waals surface area contributed by atoms with Gasteiger partial charge in [0.2, 0.25) is 5.91 Å². The number of amides is 1. The van der Waals surface area contributed by atoms with E-state index in [1.807, 2.05) is 29.9 Å². The Morgan fingerprint density at radius 3 is 2.54 bits per heavy atom. The molecule has 3 aliphatic rings. The molecule has 0 unspecified atom stereocenters. The van der Waals surface area contributed by atoms with Gasteiger partial charge in [-0.2, -0.15) is 5.10 Å². The Morgan fingerprint density at radius 1 is 0.978 bits per heavy atom. The summed E-state index contributed by atoms with van der Waals surface area (Å²) in [5, 5.41) is 5.59. The number of carbonyl (C=O) groups is 1. The van der Waals surface area contributed by atoms with E-state index < -0.39 is 0 Å². The molecule has 3 aromatic heterocycles. The van der Waals surface area contributed by atoms with E-state index in [0.29, 0.717) is 32.1 Å². The Hall–Kier alpha value is -4.05. The van der Waals surface area contributed by atoms with Crippen LogP contribution < -0.4 is 9.64 Å². The lowest BCUT2D eigenvalue weighted by atomic mass is 9.68. The van der Waals surface area contributed by atoms with Crippen molar-refractivity contribution in [1.82, 2.24) is 34.5 Å². The predicted molar refractivity (Wildman–Crippen MR) is 179 cm³/mol. The molecule has 1 aromatic carbocycles. The van der Waals surface area contributed by atoms with E-state index in [2.05, 4.69) is 67.9 Å². The molecule has 1 amide bonds. The number of anilines is 1. The van der Waals surface area contributed by atoms with E-state index >= 15 is 0 Å². The lowest BCUT2D eigenvalue weighted by molar-refractivity contribution is -0.138. The summed E-state index contributed by atoms with van der Waals surface area (Å²) in [7, 11) is 0. The van der Waals surface area contributed by atoms with Crippen molar-refractivity contribution in [3.8, 4) is 5.75 Å². The van der Waals surface area contributed by atoms with Crippen LogP contribution in [0.4, 0.5) is 5.82 Å². The van der Waals surface area contributed by atoms with Crippen LogP contribution in [0.5, 0.6) is 5.75 Å². The molecular weight excluding hydrogens is 576 g/mol. The summed E-state index contributed by atoms with van der Waals surface area (Å²) < 4.78 is 7.73. The smallest absolute Gasteiger partial charge is 0.225 e. The van der Waals surface area contributed by atoms with Crippen molar-refractivity contribution in [2.75, 3.05) is 50.8 Å². The summed E-state index contributed by atoms with van der Waals surface area (Å²) in [4.78, 5) is 34.9. The second-order valence-electron chi connectivity index (χ2n) is 12.9. The number of hydrogen-bond donors (Lipinski definition) is 0. The normalized spacial score (nSPS) is 21.9. The minimum absolute atomic E-state index is 0.0280. The molecule has 0 radical (unpaired) electrons. The Kier molecular flexibility index (Phi) is 8.64. The Morgan fingerprint density at radius 2 is 1.78 bits per heavy atom. The molecule has 242 valence electrons. The molecule has 10 nitrogen and oxygen atoms in total. The number of aromatic nitrogens is 5. The number of piperazine rings is 1. The molecule has 46 heavy (non-hydrogen) atoms.